The summed E-state index contributed by atoms with van der Waals surface area (Å²) in [6.07, 6.45) is 0. The number of carbonyl (C=O) groups excluding carboxylic acids is 1. The third kappa shape index (κ3) is 3.66. The molecule has 0 heterocycles. The molecule has 23 heavy (non-hydrogen) atoms. The van der Waals surface area contributed by atoms with Crippen LogP contribution in [0.4, 0.5) is 5.69 Å². The predicted molar refractivity (Wildman–Crippen MR) is 97.2 cm³/mol. The summed E-state index contributed by atoms with van der Waals surface area (Å²) in [6, 6.07) is 18.8. The topological polar surface area (TPSA) is 38.3 Å². The molecule has 3 rings (SSSR count). The summed E-state index contributed by atoms with van der Waals surface area (Å²) in [4.78, 5) is 12.0. The smallest absolute Gasteiger partial charge is 0.262 e. The first-order valence-electron chi connectivity index (χ1n) is 6.99. The van der Waals surface area contributed by atoms with Gasteiger partial charge >= 0.3 is 0 Å². The van der Waals surface area contributed by atoms with E-state index in [1.54, 1.807) is 18.2 Å². The standard InChI is InChI=1S/C18H13BrClNO2/c19-18-13-6-2-1-5-12(13)9-10-16(18)23-11-17(22)21-15-8-4-3-7-14(15)20/h1-10H,11H2,(H,21,22). The number of hydrogen-bond acceptors (Lipinski definition) is 2. The zero-order chi connectivity index (χ0) is 16.2. The highest BCUT2D eigenvalue weighted by molar-refractivity contribution is 9.10. The van der Waals surface area contributed by atoms with E-state index >= 15 is 0 Å². The number of halogens is 2. The summed E-state index contributed by atoms with van der Waals surface area (Å²) < 4.78 is 6.45. The normalized spacial score (nSPS) is 10.5. The Hall–Kier alpha value is -2.04. The van der Waals surface area contributed by atoms with Gasteiger partial charge in [0, 0.05) is 0 Å². The van der Waals surface area contributed by atoms with Gasteiger partial charge in [0.15, 0.2) is 6.61 Å². The quantitative estimate of drug-likeness (QED) is 0.659. The van der Waals surface area contributed by atoms with E-state index in [-0.39, 0.29) is 12.5 Å². The number of anilines is 1. The first kappa shape index (κ1) is 15.8. The third-order valence-electron chi connectivity index (χ3n) is 3.33. The Morgan fingerprint density at radius 1 is 1.04 bits per heavy atom. The number of hydrogen-bond donors (Lipinski definition) is 1. The maximum Gasteiger partial charge on any atom is 0.262 e. The molecule has 3 nitrogen and oxygen atoms in total. The first-order valence-corrected chi connectivity index (χ1v) is 8.16. The summed E-state index contributed by atoms with van der Waals surface area (Å²) in [7, 11) is 0. The van der Waals surface area contributed by atoms with E-state index in [1.165, 1.54) is 0 Å². The van der Waals surface area contributed by atoms with Gasteiger partial charge in [0.05, 0.1) is 15.2 Å². The van der Waals surface area contributed by atoms with Crippen LogP contribution in [0.1, 0.15) is 0 Å². The fourth-order valence-electron chi connectivity index (χ4n) is 2.22. The van der Waals surface area contributed by atoms with Crippen molar-refractivity contribution in [3.63, 3.8) is 0 Å². The Bertz CT molecular complexity index is 867. The van der Waals surface area contributed by atoms with E-state index in [0.29, 0.717) is 16.5 Å². The minimum Gasteiger partial charge on any atom is -0.483 e. The Morgan fingerprint density at radius 3 is 2.61 bits per heavy atom. The van der Waals surface area contributed by atoms with E-state index in [1.807, 2.05) is 42.5 Å². The molecule has 0 aliphatic rings. The average molecular weight is 391 g/mol. The molecular weight excluding hydrogens is 378 g/mol. The number of fused-ring (bicyclic) bond motifs is 1. The van der Waals surface area contributed by atoms with Crippen LogP contribution < -0.4 is 10.1 Å². The van der Waals surface area contributed by atoms with Crippen molar-refractivity contribution in [1.29, 1.82) is 0 Å². The molecule has 5 heteroatoms. The van der Waals surface area contributed by atoms with Crippen LogP contribution in [0.5, 0.6) is 5.75 Å². The lowest BCUT2D eigenvalue weighted by Crippen LogP contribution is -2.20. The van der Waals surface area contributed by atoms with Gasteiger partial charge in [-0.1, -0.05) is 54.1 Å². The summed E-state index contributed by atoms with van der Waals surface area (Å²) in [5, 5.41) is 5.36. The summed E-state index contributed by atoms with van der Waals surface area (Å²) in [6.45, 7) is -0.0951. The molecule has 0 radical (unpaired) electrons. The van der Waals surface area contributed by atoms with Crippen LogP contribution in [-0.2, 0) is 4.79 Å². The molecule has 0 atom stereocenters. The molecule has 0 aliphatic heterocycles. The monoisotopic (exact) mass is 389 g/mol. The van der Waals surface area contributed by atoms with Gasteiger partial charge in [0.25, 0.3) is 5.91 Å². The Kier molecular flexibility index (Phi) is 4.84. The molecule has 0 saturated carbocycles. The molecule has 0 aliphatic carbocycles. The van der Waals surface area contributed by atoms with Crippen molar-refractivity contribution in [3.8, 4) is 5.75 Å². The van der Waals surface area contributed by atoms with Crippen LogP contribution in [0, 0.1) is 0 Å². The maximum absolute atomic E-state index is 12.0. The Balaban J connectivity index is 1.70. The summed E-state index contributed by atoms with van der Waals surface area (Å²) in [5.41, 5.74) is 0.570. The molecule has 0 saturated heterocycles. The molecule has 1 N–H and O–H groups in total. The summed E-state index contributed by atoms with van der Waals surface area (Å²) >= 11 is 9.55. The second kappa shape index (κ2) is 7.02. The van der Waals surface area contributed by atoms with Crippen molar-refractivity contribution < 1.29 is 9.53 Å². The van der Waals surface area contributed by atoms with Crippen molar-refractivity contribution in [2.45, 2.75) is 0 Å². The fourth-order valence-corrected chi connectivity index (χ4v) is 3.01. The minimum atomic E-state index is -0.266. The minimum absolute atomic E-state index is 0.0951. The van der Waals surface area contributed by atoms with Gasteiger partial charge in [0.1, 0.15) is 5.75 Å². The van der Waals surface area contributed by atoms with E-state index in [2.05, 4.69) is 21.2 Å². The number of amides is 1. The highest BCUT2D eigenvalue weighted by Gasteiger charge is 2.09. The van der Waals surface area contributed by atoms with Crippen LogP contribution in [0.2, 0.25) is 5.02 Å². The SMILES string of the molecule is O=C(COc1ccc2ccccc2c1Br)Nc1ccccc1Cl. The van der Waals surface area contributed by atoms with Crippen LogP contribution in [0.3, 0.4) is 0 Å². The van der Waals surface area contributed by atoms with Crippen LogP contribution in [0.15, 0.2) is 65.1 Å². The van der Waals surface area contributed by atoms with Gasteiger partial charge in [0.2, 0.25) is 0 Å². The van der Waals surface area contributed by atoms with E-state index in [0.717, 1.165) is 15.2 Å². The van der Waals surface area contributed by atoms with Gasteiger partial charge in [-0.15, -0.1) is 0 Å². The Labute approximate surface area is 147 Å². The van der Waals surface area contributed by atoms with Crippen molar-refractivity contribution in [1.82, 2.24) is 0 Å². The number of carbonyl (C=O) groups is 1. The van der Waals surface area contributed by atoms with Gasteiger partial charge in [-0.2, -0.15) is 0 Å². The fraction of sp³-hybridized carbons (Fsp3) is 0.0556. The zero-order valence-corrected chi connectivity index (χ0v) is 14.4. The molecular formula is C18H13BrClNO2. The van der Waals surface area contributed by atoms with Crippen LogP contribution >= 0.6 is 27.5 Å². The van der Waals surface area contributed by atoms with E-state index in [9.17, 15) is 4.79 Å². The lowest BCUT2D eigenvalue weighted by Gasteiger charge is -2.11. The number of nitrogens with one attached hydrogen (secondary N) is 1. The van der Waals surface area contributed by atoms with Gasteiger partial charge in [-0.05, 0) is 44.9 Å². The molecule has 0 aromatic heterocycles. The highest BCUT2D eigenvalue weighted by atomic mass is 79.9. The molecule has 3 aromatic carbocycles. The van der Waals surface area contributed by atoms with Gasteiger partial charge < -0.3 is 10.1 Å². The van der Waals surface area contributed by atoms with Crippen molar-refractivity contribution >= 4 is 49.9 Å². The largest absolute Gasteiger partial charge is 0.483 e. The molecule has 0 fully saturated rings. The second-order valence-electron chi connectivity index (χ2n) is 4.92. The van der Waals surface area contributed by atoms with Crippen LogP contribution in [-0.4, -0.2) is 12.5 Å². The number of ether oxygens (including phenoxy) is 1. The Morgan fingerprint density at radius 2 is 1.78 bits per heavy atom. The van der Waals surface area contributed by atoms with Gasteiger partial charge in [-0.25, -0.2) is 0 Å². The molecule has 0 spiro atoms. The van der Waals surface area contributed by atoms with Gasteiger partial charge in [-0.3, -0.25) is 4.79 Å². The zero-order valence-electron chi connectivity index (χ0n) is 12.1. The lowest BCUT2D eigenvalue weighted by atomic mass is 10.1. The molecule has 0 unspecified atom stereocenters. The summed E-state index contributed by atoms with van der Waals surface area (Å²) in [5.74, 6) is 0.358. The third-order valence-corrected chi connectivity index (χ3v) is 4.48. The van der Waals surface area contributed by atoms with Crippen molar-refractivity contribution in [2.75, 3.05) is 11.9 Å². The molecule has 0 bridgehead atoms. The average Bonchev–Trinajstić information content (AvgIpc) is 2.57. The number of benzene rings is 3. The maximum atomic E-state index is 12.0. The number of para-hydroxylation sites is 1. The van der Waals surface area contributed by atoms with Crippen molar-refractivity contribution in [3.05, 3.63) is 70.2 Å². The first-order chi connectivity index (χ1) is 11.1. The second-order valence-corrected chi connectivity index (χ2v) is 6.12. The van der Waals surface area contributed by atoms with E-state index in [4.69, 9.17) is 16.3 Å². The molecule has 3 aromatic rings. The highest BCUT2D eigenvalue weighted by Crippen LogP contribution is 2.33. The van der Waals surface area contributed by atoms with Crippen molar-refractivity contribution in [2.24, 2.45) is 0 Å². The van der Waals surface area contributed by atoms with Crippen LogP contribution in [0.25, 0.3) is 10.8 Å². The predicted octanol–water partition coefficient (Wildman–Crippen LogP) is 5.27. The molecule has 116 valence electrons. The number of rotatable bonds is 4. The van der Waals surface area contributed by atoms with E-state index < -0.39 is 0 Å². The molecule has 1 amide bonds. The lowest BCUT2D eigenvalue weighted by molar-refractivity contribution is -0.118.